The number of aromatic nitrogens is 2. The zero-order valence-electron chi connectivity index (χ0n) is 31.4. The number of aryl methyl sites for hydroxylation is 1. The Hall–Kier alpha value is -3.88. The second kappa shape index (κ2) is 13.8. The molecule has 284 valence electrons. The summed E-state index contributed by atoms with van der Waals surface area (Å²) < 4.78 is 40.4. The molecule has 53 heavy (non-hydrogen) atoms. The predicted octanol–water partition coefficient (Wildman–Crippen LogP) is 5.25. The second-order valence-corrected chi connectivity index (χ2v) is 18.7. The highest BCUT2D eigenvalue weighted by atomic mass is 32.2. The van der Waals surface area contributed by atoms with Gasteiger partial charge in [-0.05, 0) is 63.1 Å². The van der Waals surface area contributed by atoms with E-state index in [1.807, 2.05) is 56.3 Å². The van der Waals surface area contributed by atoms with Gasteiger partial charge in [-0.1, -0.05) is 33.8 Å². The first kappa shape index (κ1) is 37.4. The number of benzene rings is 1. The van der Waals surface area contributed by atoms with Crippen molar-refractivity contribution in [1.82, 2.24) is 24.5 Å². The number of amides is 2. The van der Waals surface area contributed by atoms with Crippen LogP contribution in [0.5, 0.6) is 11.5 Å². The lowest BCUT2D eigenvalue weighted by molar-refractivity contribution is -0.152. The fourth-order valence-electron chi connectivity index (χ4n) is 8.33. The quantitative estimate of drug-likeness (QED) is 0.229. The Morgan fingerprint density at radius 3 is 2.51 bits per heavy atom. The zero-order chi connectivity index (χ0) is 38.1. The van der Waals surface area contributed by atoms with Crippen LogP contribution in [0.3, 0.4) is 0 Å². The van der Waals surface area contributed by atoms with Gasteiger partial charge in [0.2, 0.25) is 21.8 Å². The summed E-state index contributed by atoms with van der Waals surface area (Å²) in [5.74, 6) is 0.0336. The molecule has 3 aromatic rings. The molecule has 6 atom stereocenters. The van der Waals surface area contributed by atoms with Gasteiger partial charge in [0.1, 0.15) is 28.3 Å². The number of carbonyl (C=O) groups excluding carboxylic acids is 3. The van der Waals surface area contributed by atoms with Crippen LogP contribution in [0.4, 0.5) is 0 Å². The largest absolute Gasteiger partial charge is 0.496 e. The summed E-state index contributed by atoms with van der Waals surface area (Å²) in [4.78, 5) is 56.1. The molecule has 2 aliphatic heterocycles. The van der Waals surface area contributed by atoms with Gasteiger partial charge in [0.15, 0.2) is 5.78 Å². The Labute approximate surface area is 315 Å². The first-order chi connectivity index (χ1) is 25.1. The van der Waals surface area contributed by atoms with Gasteiger partial charge in [-0.2, -0.15) is 0 Å². The molecule has 2 aliphatic carbocycles. The highest BCUT2D eigenvalue weighted by Crippen LogP contribution is 2.57. The Bertz CT molecular complexity index is 2090. The van der Waals surface area contributed by atoms with E-state index < -0.39 is 50.8 Å². The van der Waals surface area contributed by atoms with Gasteiger partial charge in [-0.3, -0.25) is 24.0 Å². The lowest BCUT2D eigenvalue weighted by atomic mass is 9.91. The van der Waals surface area contributed by atoms with Crippen LogP contribution < -0.4 is 14.2 Å². The van der Waals surface area contributed by atoms with E-state index in [4.69, 9.17) is 19.4 Å². The number of rotatable bonds is 13. The second-order valence-electron chi connectivity index (χ2n) is 15.9. The average Bonchev–Trinajstić information content (AvgIpc) is 3.99. The standard InChI is InChI=1S/C39H49N5O7S2/c1-9-23-16-39(23,38(47)42-53(48,49)24-10-11-24)17-30(45)28-15-33(29-18-43(7)35(21(4)5)37(46)44(28)29)51-32-14-26(36-41-27(19-52-36)20(2)3)40-34-22(6)31(50-8)13-12-25(32)34/h9,12-14,19-21,23-24,28-29,33,35H,1,10-11,15-18H2,2-8H3,(H,42,47)/t23-,28+,29-,33-,35-,39-/m1/s1. The fourth-order valence-corrected chi connectivity index (χ4v) is 10.7. The number of Topliss-reactive ketones (excluding diaryl/α,β-unsaturated/α-hetero) is 1. The SMILES string of the molecule is C=C[C@@H]1C[C@]1(CC(=O)[C@@H]1C[C@@H](Oc2cc(-c3nc(C(C)C)cs3)nc3c(C)c(OC)ccc23)[C@H]2CN(C)[C@H](C(C)C)C(=O)N21)C(=O)NS(=O)(=O)C1CC1. The number of methoxy groups -OCH3 is 1. The van der Waals surface area contributed by atoms with Gasteiger partial charge in [0, 0.05) is 41.8 Å². The van der Waals surface area contributed by atoms with E-state index >= 15 is 0 Å². The summed E-state index contributed by atoms with van der Waals surface area (Å²) in [5, 5.41) is 2.98. The van der Waals surface area contributed by atoms with Crippen molar-refractivity contribution in [3.63, 3.8) is 0 Å². The molecule has 12 nitrogen and oxygen atoms in total. The topological polar surface area (TPSA) is 148 Å². The molecule has 0 spiro atoms. The van der Waals surface area contributed by atoms with Crippen LogP contribution >= 0.6 is 11.3 Å². The van der Waals surface area contributed by atoms with Crippen molar-refractivity contribution in [2.75, 3.05) is 20.7 Å². The third kappa shape index (κ3) is 6.64. The molecule has 14 heteroatoms. The number of nitrogens with zero attached hydrogens (tertiary/aromatic N) is 4. The van der Waals surface area contributed by atoms with E-state index in [0.29, 0.717) is 48.5 Å². The molecule has 0 bridgehead atoms. The van der Waals surface area contributed by atoms with Gasteiger partial charge < -0.3 is 14.4 Å². The number of sulfonamides is 1. The van der Waals surface area contributed by atoms with Gasteiger partial charge in [-0.15, -0.1) is 17.9 Å². The molecule has 2 saturated carbocycles. The minimum absolute atomic E-state index is 0.0128. The molecule has 2 amide bonds. The Balaban J connectivity index is 1.25. The van der Waals surface area contributed by atoms with Crippen molar-refractivity contribution in [2.24, 2.45) is 17.3 Å². The van der Waals surface area contributed by atoms with Crippen molar-refractivity contribution >= 4 is 49.9 Å². The highest BCUT2D eigenvalue weighted by Gasteiger charge is 2.62. The van der Waals surface area contributed by atoms with Crippen LogP contribution in [-0.2, 0) is 24.4 Å². The molecular weight excluding hydrogens is 715 g/mol. The summed E-state index contributed by atoms with van der Waals surface area (Å²) in [6.07, 6.45) is 2.41. The molecule has 2 aromatic heterocycles. The van der Waals surface area contributed by atoms with Gasteiger partial charge in [0.05, 0.1) is 47.1 Å². The van der Waals surface area contributed by atoms with Crippen LogP contribution in [0.2, 0.25) is 0 Å². The van der Waals surface area contributed by atoms with Crippen LogP contribution in [0, 0.1) is 24.2 Å². The Kier molecular flexibility index (Phi) is 9.72. The van der Waals surface area contributed by atoms with E-state index in [1.165, 1.54) is 11.3 Å². The molecular formula is C39H49N5O7S2. The van der Waals surface area contributed by atoms with Crippen molar-refractivity contribution in [2.45, 2.75) is 102 Å². The summed E-state index contributed by atoms with van der Waals surface area (Å²) in [7, 11) is -0.269. The third-order valence-electron chi connectivity index (χ3n) is 11.6. The van der Waals surface area contributed by atoms with E-state index in [9.17, 15) is 22.8 Å². The van der Waals surface area contributed by atoms with Gasteiger partial charge in [0.25, 0.3) is 0 Å². The van der Waals surface area contributed by atoms with Crippen LogP contribution in [0.1, 0.15) is 77.0 Å². The first-order valence-corrected chi connectivity index (χ1v) is 20.9. The number of ketones is 1. The predicted molar refractivity (Wildman–Crippen MR) is 203 cm³/mol. The van der Waals surface area contributed by atoms with E-state index in [-0.39, 0.29) is 42.3 Å². The molecule has 4 aliphatic rings. The van der Waals surface area contributed by atoms with E-state index in [2.05, 4.69) is 25.1 Å². The smallest absolute Gasteiger partial charge is 0.241 e. The molecule has 2 saturated heterocycles. The lowest BCUT2D eigenvalue weighted by Gasteiger charge is -2.45. The van der Waals surface area contributed by atoms with Crippen molar-refractivity contribution in [3.05, 3.63) is 47.5 Å². The van der Waals surface area contributed by atoms with Gasteiger partial charge in [-0.25, -0.2) is 18.4 Å². The minimum Gasteiger partial charge on any atom is -0.496 e. The Morgan fingerprint density at radius 2 is 1.91 bits per heavy atom. The first-order valence-electron chi connectivity index (χ1n) is 18.4. The van der Waals surface area contributed by atoms with Gasteiger partial charge >= 0.3 is 0 Å². The summed E-state index contributed by atoms with van der Waals surface area (Å²) in [6.45, 7) is 14.5. The zero-order valence-corrected chi connectivity index (χ0v) is 33.1. The number of piperazine rings is 1. The molecule has 1 aromatic carbocycles. The van der Waals surface area contributed by atoms with Crippen molar-refractivity contribution < 1.29 is 32.3 Å². The third-order valence-corrected chi connectivity index (χ3v) is 14.3. The maximum absolute atomic E-state index is 14.5. The normalized spacial score (nSPS) is 27.3. The van der Waals surface area contributed by atoms with E-state index in [1.54, 1.807) is 18.1 Å². The van der Waals surface area contributed by atoms with Crippen LogP contribution in [-0.4, -0.2) is 96.0 Å². The lowest BCUT2D eigenvalue weighted by Crippen LogP contribution is -2.64. The molecule has 4 fully saturated rings. The number of pyridine rings is 1. The number of hydrogen-bond acceptors (Lipinski definition) is 11. The molecule has 1 N–H and O–H groups in total. The minimum atomic E-state index is -3.81. The van der Waals surface area contributed by atoms with Crippen LogP contribution in [0.25, 0.3) is 21.6 Å². The van der Waals surface area contributed by atoms with Crippen molar-refractivity contribution in [3.8, 4) is 22.2 Å². The highest BCUT2D eigenvalue weighted by molar-refractivity contribution is 7.90. The number of fused-ring (bicyclic) bond motifs is 2. The van der Waals surface area contributed by atoms with Crippen LogP contribution in [0.15, 0.2) is 36.2 Å². The number of likely N-dealkylation sites (N-methyl/N-ethyl adjacent to an activating group) is 1. The fraction of sp³-hybridized carbons (Fsp3) is 0.564. The number of carbonyl (C=O) groups is 3. The summed E-state index contributed by atoms with van der Waals surface area (Å²) in [5.41, 5.74) is 1.95. The average molecular weight is 764 g/mol. The number of nitrogens with one attached hydrogen (secondary N) is 1. The monoisotopic (exact) mass is 763 g/mol. The molecule has 0 radical (unpaired) electrons. The number of allylic oxidation sites excluding steroid dienone is 1. The summed E-state index contributed by atoms with van der Waals surface area (Å²) >= 11 is 1.51. The maximum Gasteiger partial charge on any atom is 0.241 e. The molecule has 4 heterocycles. The summed E-state index contributed by atoms with van der Waals surface area (Å²) in [6, 6.07) is 3.93. The number of thiazole rings is 1. The molecule has 0 unspecified atom stereocenters. The molecule has 7 rings (SSSR count). The number of ether oxygens (including phenoxy) is 2. The maximum atomic E-state index is 14.5. The number of hydrogen-bond donors (Lipinski definition) is 1. The van der Waals surface area contributed by atoms with Crippen molar-refractivity contribution in [1.29, 1.82) is 0 Å². The Morgan fingerprint density at radius 1 is 1.17 bits per heavy atom. The van der Waals surface area contributed by atoms with E-state index in [0.717, 1.165) is 21.7 Å².